The van der Waals surface area contributed by atoms with Crippen LogP contribution in [-0.2, 0) is 4.74 Å². The van der Waals surface area contributed by atoms with Gasteiger partial charge in [0.25, 0.3) is 5.91 Å². The summed E-state index contributed by atoms with van der Waals surface area (Å²) in [5, 5.41) is 7.91. The topological polar surface area (TPSA) is 72.3 Å². The summed E-state index contributed by atoms with van der Waals surface area (Å²) in [7, 11) is 0. The van der Waals surface area contributed by atoms with E-state index in [2.05, 4.69) is 29.0 Å². The standard InChI is InChI=1S/C25H31N5O2/c1-19(2)15-22(29-11-13-32-14-12-29)17-27-25(31)23-18-30(21-8-4-3-5-9-21)28-24(23)20-7-6-10-26-16-20/h3-10,16,18-19,22H,11-15,17H2,1-2H3,(H,27,31). The highest BCUT2D eigenvalue weighted by molar-refractivity contribution is 5.99. The Morgan fingerprint density at radius 2 is 1.91 bits per heavy atom. The van der Waals surface area contributed by atoms with Crippen LogP contribution in [0.25, 0.3) is 16.9 Å². The second kappa shape index (κ2) is 10.5. The third-order valence-corrected chi connectivity index (χ3v) is 5.72. The van der Waals surface area contributed by atoms with E-state index < -0.39 is 0 Å². The van der Waals surface area contributed by atoms with Gasteiger partial charge in [-0.1, -0.05) is 32.0 Å². The zero-order valence-electron chi connectivity index (χ0n) is 18.8. The Balaban J connectivity index is 1.57. The van der Waals surface area contributed by atoms with E-state index in [0.717, 1.165) is 44.0 Å². The number of hydrogen-bond acceptors (Lipinski definition) is 5. The summed E-state index contributed by atoms with van der Waals surface area (Å²) in [5.41, 5.74) is 2.90. The SMILES string of the molecule is CC(C)CC(CNC(=O)c1cn(-c2ccccc2)nc1-c1cccnc1)N1CCOCC1. The van der Waals surface area contributed by atoms with Crippen LogP contribution in [0.3, 0.4) is 0 Å². The fourth-order valence-electron chi connectivity index (χ4n) is 4.12. The number of morpholine rings is 1. The molecule has 1 atom stereocenters. The van der Waals surface area contributed by atoms with Gasteiger partial charge < -0.3 is 10.1 Å². The summed E-state index contributed by atoms with van der Waals surface area (Å²) >= 11 is 0. The van der Waals surface area contributed by atoms with Gasteiger partial charge in [-0.2, -0.15) is 5.10 Å². The maximum Gasteiger partial charge on any atom is 0.255 e. The molecule has 0 aliphatic carbocycles. The lowest BCUT2D eigenvalue weighted by molar-refractivity contribution is 0.0124. The van der Waals surface area contributed by atoms with Crippen LogP contribution in [0.15, 0.2) is 61.1 Å². The predicted octanol–water partition coefficient (Wildman–Crippen LogP) is 3.41. The average molecular weight is 434 g/mol. The van der Waals surface area contributed by atoms with Gasteiger partial charge in [-0.15, -0.1) is 0 Å². The van der Waals surface area contributed by atoms with Crippen molar-refractivity contribution in [1.82, 2.24) is 25.0 Å². The number of carbonyl (C=O) groups excluding carboxylic acids is 1. The first-order valence-electron chi connectivity index (χ1n) is 11.3. The van der Waals surface area contributed by atoms with Gasteiger partial charge in [-0.25, -0.2) is 4.68 Å². The molecule has 0 saturated carbocycles. The van der Waals surface area contributed by atoms with Gasteiger partial charge in [0.2, 0.25) is 0 Å². The zero-order valence-corrected chi connectivity index (χ0v) is 18.8. The molecule has 4 rings (SSSR count). The lowest BCUT2D eigenvalue weighted by atomic mass is 10.0. The number of pyridine rings is 1. The fourth-order valence-corrected chi connectivity index (χ4v) is 4.12. The quantitative estimate of drug-likeness (QED) is 0.589. The predicted molar refractivity (Wildman–Crippen MR) is 125 cm³/mol. The monoisotopic (exact) mass is 433 g/mol. The van der Waals surface area contributed by atoms with Crippen LogP contribution in [0.4, 0.5) is 0 Å². The van der Waals surface area contributed by atoms with Crippen molar-refractivity contribution in [2.45, 2.75) is 26.3 Å². The molecule has 1 amide bonds. The van der Waals surface area contributed by atoms with Gasteiger partial charge in [0, 0.05) is 49.8 Å². The fraction of sp³-hybridized carbons (Fsp3) is 0.400. The van der Waals surface area contributed by atoms with Crippen molar-refractivity contribution in [3.05, 3.63) is 66.6 Å². The lowest BCUT2D eigenvalue weighted by Gasteiger charge is -2.35. The Bertz CT molecular complexity index is 998. The minimum Gasteiger partial charge on any atom is -0.379 e. The molecule has 32 heavy (non-hydrogen) atoms. The number of rotatable bonds is 8. The van der Waals surface area contributed by atoms with Gasteiger partial charge in [-0.3, -0.25) is 14.7 Å². The van der Waals surface area contributed by atoms with Gasteiger partial charge in [0.05, 0.1) is 24.5 Å². The molecular formula is C25H31N5O2. The molecule has 168 valence electrons. The number of para-hydroxylation sites is 1. The number of nitrogens with zero attached hydrogens (tertiary/aromatic N) is 4. The molecular weight excluding hydrogens is 402 g/mol. The molecule has 7 nitrogen and oxygen atoms in total. The summed E-state index contributed by atoms with van der Waals surface area (Å²) in [6.07, 6.45) is 6.29. The van der Waals surface area contributed by atoms with Crippen molar-refractivity contribution in [3.8, 4) is 16.9 Å². The average Bonchev–Trinajstić information content (AvgIpc) is 3.29. The van der Waals surface area contributed by atoms with Crippen LogP contribution in [0, 0.1) is 5.92 Å². The minimum atomic E-state index is -0.118. The molecule has 1 saturated heterocycles. The molecule has 0 spiro atoms. The molecule has 3 heterocycles. The first kappa shape index (κ1) is 22.2. The Morgan fingerprint density at radius 1 is 1.12 bits per heavy atom. The summed E-state index contributed by atoms with van der Waals surface area (Å²) in [6.45, 7) is 8.34. The van der Waals surface area contributed by atoms with E-state index in [0.29, 0.717) is 23.7 Å². The van der Waals surface area contributed by atoms with Gasteiger partial charge in [-0.05, 0) is 36.6 Å². The van der Waals surface area contributed by atoms with Gasteiger partial charge >= 0.3 is 0 Å². The van der Waals surface area contributed by atoms with E-state index >= 15 is 0 Å². The number of benzene rings is 1. The van der Waals surface area contributed by atoms with E-state index in [9.17, 15) is 4.79 Å². The van der Waals surface area contributed by atoms with Crippen molar-refractivity contribution < 1.29 is 9.53 Å². The maximum absolute atomic E-state index is 13.3. The van der Waals surface area contributed by atoms with Gasteiger partial charge in [0.1, 0.15) is 5.69 Å². The smallest absolute Gasteiger partial charge is 0.255 e. The lowest BCUT2D eigenvalue weighted by Crippen LogP contribution is -2.49. The molecule has 1 aromatic carbocycles. The van der Waals surface area contributed by atoms with Crippen LogP contribution in [0.2, 0.25) is 0 Å². The zero-order chi connectivity index (χ0) is 22.3. The van der Waals surface area contributed by atoms with E-state index in [1.54, 1.807) is 23.3 Å². The highest BCUT2D eigenvalue weighted by Gasteiger charge is 2.24. The van der Waals surface area contributed by atoms with Crippen LogP contribution < -0.4 is 5.32 Å². The molecule has 1 fully saturated rings. The van der Waals surface area contributed by atoms with Crippen molar-refractivity contribution in [2.75, 3.05) is 32.8 Å². The van der Waals surface area contributed by atoms with Gasteiger partial charge in [0.15, 0.2) is 0 Å². The summed E-state index contributed by atoms with van der Waals surface area (Å²) in [6, 6.07) is 13.9. The number of aromatic nitrogens is 3. The molecule has 2 aromatic heterocycles. The molecule has 3 aromatic rings. The molecule has 1 aliphatic heterocycles. The first-order chi connectivity index (χ1) is 15.6. The third-order valence-electron chi connectivity index (χ3n) is 5.72. The molecule has 0 bridgehead atoms. The van der Waals surface area contributed by atoms with E-state index in [4.69, 9.17) is 9.84 Å². The molecule has 1 N–H and O–H groups in total. The minimum absolute atomic E-state index is 0.118. The summed E-state index contributed by atoms with van der Waals surface area (Å²) in [4.78, 5) is 20.0. The number of amides is 1. The Kier molecular flexibility index (Phi) is 7.29. The van der Waals surface area contributed by atoms with Crippen molar-refractivity contribution in [3.63, 3.8) is 0 Å². The van der Waals surface area contributed by atoms with E-state index in [1.807, 2.05) is 42.5 Å². The van der Waals surface area contributed by atoms with Crippen molar-refractivity contribution >= 4 is 5.91 Å². The Hall–Kier alpha value is -3.03. The Labute approximate surface area is 189 Å². The number of hydrogen-bond donors (Lipinski definition) is 1. The molecule has 1 aliphatic rings. The maximum atomic E-state index is 13.3. The van der Waals surface area contributed by atoms with Crippen LogP contribution >= 0.6 is 0 Å². The summed E-state index contributed by atoms with van der Waals surface area (Å²) in [5.74, 6) is 0.430. The highest BCUT2D eigenvalue weighted by atomic mass is 16.5. The van der Waals surface area contributed by atoms with E-state index in [-0.39, 0.29) is 11.9 Å². The second-order valence-corrected chi connectivity index (χ2v) is 8.55. The van der Waals surface area contributed by atoms with E-state index in [1.165, 1.54) is 0 Å². The number of carbonyl (C=O) groups is 1. The third kappa shape index (κ3) is 5.41. The van der Waals surface area contributed by atoms with Crippen LogP contribution in [0.5, 0.6) is 0 Å². The largest absolute Gasteiger partial charge is 0.379 e. The summed E-state index contributed by atoms with van der Waals surface area (Å²) < 4.78 is 7.27. The number of nitrogens with one attached hydrogen (secondary N) is 1. The number of ether oxygens (including phenoxy) is 1. The van der Waals surface area contributed by atoms with Crippen LogP contribution in [0.1, 0.15) is 30.6 Å². The Morgan fingerprint density at radius 3 is 2.59 bits per heavy atom. The van der Waals surface area contributed by atoms with Crippen LogP contribution in [-0.4, -0.2) is 64.5 Å². The van der Waals surface area contributed by atoms with Crippen molar-refractivity contribution in [2.24, 2.45) is 5.92 Å². The molecule has 7 heteroatoms. The normalized spacial score (nSPS) is 15.6. The second-order valence-electron chi connectivity index (χ2n) is 8.55. The highest BCUT2D eigenvalue weighted by Crippen LogP contribution is 2.23. The van der Waals surface area contributed by atoms with Crippen molar-refractivity contribution in [1.29, 1.82) is 0 Å². The first-order valence-corrected chi connectivity index (χ1v) is 11.3. The molecule has 0 radical (unpaired) electrons. The molecule has 1 unspecified atom stereocenters.